The summed E-state index contributed by atoms with van der Waals surface area (Å²) in [6.45, 7) is 11.2. The highest BCUT2D eigenvalue weighted by molar-refractivity contribution is 5.83. The van der Waals surface area contributed by atoms with Gasteiger partial charge in [-0.25, -0.2) is 0 Å². The number of aliphatic hydroxyl groups is 2. The van der Waals surface area contributed by atoms with Crippen molar-refractivity contribution in [1.29, 1.82) is 0 Å². The van der Waals surface area contributed by atoms with Crippen molar-refractivity contribution < 1.29 is 64.5 Å². The number of aliphatic hydroxyl groups excluding tert-OH is 2. The fourth-order valence-electron chi connectivity index (χ4n) is 2.05. The van der Waals surface area contributed by atoms with Gasteiger partial charge in [-0.2, -0.15) is 0 Å². The number of primary amides is 1. The topological polar surface area (TPSA) is 386 Å². The van der Waals surface area contributed by atoms with Gasteiger partial charge in [0.05, 0.1) is 12.5 Å². The van der Waals surface area contributed by atoms with E-state index in [0.717, 1.165) is 12.8 Å². The third-order valence-electron chi connectivity index (χ3n) is 5.45. The Morgan fingerprint density at radius 1 is 0.689 bits per heavy atom. The molecule has 0 aliphatic rings. The minimum atomic E-state index is -1.21. The van der Waals surface area contributed by atoms with Crippen LogP contribution in [0.1, 0.15) is 67.2 Å². The van der Waals surface area contributed by atoms with Gasteiger partial charge in [0.15, 0.2) is 0 Å². The van der Waals surface area contributed by atoms with Gasteiger partial charge in [0.25, 0.3) is 0 Å². The number of hydrogen-bond donors (Lipinski definition) is 13. The first-order valence-electron chi connectivity index (χ1n) is 13.9. The van der Waals surface area contributed by atoms with Crippen molar-refractivity contribution in [1.82, 2.24) is 5.32 Å². The number of amides is 1. The molecule has 7 unspecified atom stereocenters. The smallest absolute Gasteiger partial charge is 0.323 e. The van der Waals surface area contributed by atoms with Crippen molar-refractivity contribution in [3.8, 4) is 0 Å². The van der Waals surface area contributed by atoms with Crippen LogP contribution in [0.3, 0.4) is 0 Å². The molecule has 18 N–H and O–H groups in total. The standard InChI is InChI=1S/C7H15NO3.C6H13NO2.C5H11NO2.C4H8N2O3.C4H9NO3/c1-2-4-8-6(3-5-9)7(10)11;1-3-4(2)5(7)6(8)9;1-3(2)4(6)5(7)8;5-2(4(8)9)1-3(6)7;1-2(6)3(5)4(7)8/h6,8-9H,2-5H2,1H3,(H,10,11);4-5H,3,7H2,1-2H3,(H,8,9);3-4H,6H2,1-2H3,(H,7,8);2H,1,5H2,(H2,6,7)(H,8,9);2-3,6H,5H2,1H3,(H,7,8). The lowest BCUT2D eigenvalue weighted by Crippen LogP contribution is -2.39. The van der Waals surface area contributed by atoms with Gasteiger partial charge in [-0.3, -0.25) is 28.8 Å². The summed E-state index contributed by atoms with van der Waals surface area (Å²) < 4.78 is 0. The lowest BCUT2D eigenvalue weighted by Gasteiger charge is -2.11. The van der Waals surface area contributed by atoms with E-state index < -0.39 is 72.1 Å². The van der Waals surface area contributed by atoms with Gasteiger partial charge in [0.1, 0.15) is 30.2 Å². The summed E-state index contributed by atoms with van der Waals surface area (Å²) in [5.41, 5.74) is 24.9. The quantitative estimate of drug-likeness (QED) is 0.0804. The van der Waals surface area contributed by atoms with E-state index >= 15 is 0 Å². The molecule has 0 saturated carbocycles. The molecule has 7 atom stereocenters. The summed E-state index contributed by atoms with van der Waals surface area (Å²) in [7, 11) is 0. The zero-order chi connectivity index (χ0) is 37.0. The van der Waals surface area contributed by atoms with E-state index in [9.17, 15) is 28.8 Å². The van der Waals surface area contributed by atoms with Gasteiger partial charge in [-0.1, -0.05) is 41.0 Å². The Balaban J connectivity index is -0.000000149. The van der Waals surface area contributed by atoms with Crippen molar-refractivity contribution in [2.75, 3.05) is 13.2 Å². The van der Waals surface area contributed by atoms with E-state index in [1.54, 1.807) is 13.8 Å². The van der Waals surface area contributed by atoms with Crippen LogP contribution in [-0.4, -0.2) is 121 Å². The van der Waals surface area contributed by atoms with Crippen LogP contribution in [0.25, 0.3) is 0 Å². The molecule has 19 heteroatoms. The Labute approximate surface area is 263 Å². The monoisotopic (exact) mass is 660 g/mol. The Hall–Kier alpha value is -3.46. The van der Waals surface area contributed by atoms with Crippen LogP contribution in [0.15, 0.2) is 0 Å². The maximum Gasteiger partial charge on any atom is 0.323 e. The largest absolute Gasteiger partial charge is 0.480 e. The average molecular weight is 661 g/mol. The highest BCUT2D eigenvalue weighted by Crippen LogP contribution is 2.04. The molecule has 0 fully saturated rings. The van der Waals surface area contributed by atoms with Crippen LogP contribution in [0.4, 0.5) is 0 Å². The molecule has 0 heterocycles. The molecule has 19 nitrogen and oxygen atoms in total. The third-order valence-corrected chi connectivity index (χ3v) is 5.45. The van der Waals surface area contributed by atoms with Crippen molar-refractivity contribution >= 4 is 35.8 Å². The van der Waals surface area contributed by atoms with Crippen molar-refractivity contribution in [3.63, 3.8) is 0 Å². The Morgan fingerprint density at radius 2 is 1.11 bits per heavy atom. The second-order valence-corrected chi connectivity index (χ2v) is 9.93. The first-order chi connectivity index (χ1) is 20.5. The molecule has 0 rings (SSSR count). The van der Waals surface area contributed by atoms with Crippen molar-refractivity contribution in [3.05, 3.63) is 0 Å². The van der Waals surface area contributed by atoms with Crippen molar-refractivity contribution in [2.24, 2.45) is 40.5 Å². The van der Waals surface area contributed by atoms with Crippen LogP contribution in [0.2, 0.25) is 0 Å². The molecule has 1 amide bonds. The number of carboxylic acids is 5. The van der Waals surface area contributed by atoms with E-state index in [1.807, 2.05) is 20.8 Å². The second-order valence-electron chi connectivity index (χ2n) is 9.93. The molecule has 0 aromatic heterocycles. The first kappa shape index (κ1) is 51.1. The third kappa shape index (κ3) is 34.9. The van der Waals surface area contributed by atoms with E-state index in [4.69, 9.17) is 58.7 Å². The van der Waals surface area contributed by atoms with E-state index in [1.165, 1.54) is 6.92 Å². The lowest BCUT2D eigenvalue weighted by molar-refractivity contribution is -0.141. The minimum Gasteiger partial charge on any atom is -0.480 e. The first-order valence-corrected chi connectivity index (χ1v) is 13.9. The fraction of sp³-hybridized carbons (Fsp3) is 0.769. The predicted octanol–water partition coefficient (Wildman–Crippen LogP) is -2.63. The molecule has 268 valence electrons. The van der Waals surface area contributed by atoms with Gasteiger partial charge < -0.3 is 69.7 Å². The predicted molar refractivity (Wildman–Crippen MR) is 164 cm³/mol. The Bertz CT molecular complexity index is 822. The SMILES string of the molecule is CC(C)C(N)C(=O)O.CC(O)C(N)C(=O)O.CCC(C)C(N)C(=O)O.CCCNC(CCO)C(=O)O.NC(=O)CC(N)C(=O)O. The number of hydrogen-bond acceptors (Lipinski definition) is 13. The molecule has 0 aliphatic heterocycles. The van der Waals surface area contributed by atoms with Crippen LogP contribution in [0, 0.1) is 11.8 Å². The van der Waals surface area contributed by atoms with E-state index in [0.29, 0.717) is 6.54 Å². The second kappa shape index (κ2) is 30.6. The molecule has 0 aliphatic carbocycles. The maximum absolute atomic E-state index is 10.4. The van der Waals surface area contributed by atoms with Crippen LogP contribution < -0.4 is 34.0 Å². The molecule has 0 saturated heterocycles. The molecular formula is C26H56N6O13. The molecule has 0 bridgehead atoms. The molecule has 0 aromatic rings. The fourth-order valence-corrected chi connectivity index (χ4v) is 2.05. The van der Waals surface area contributed by atoms with Crippen LogP contribution >= 0.6 is 0 Å². The van der Waals surface area contributed by atoms with Gasteiger partial charge >= 0.3 is 29.8 Å². The van der Waals surface area contributed by atoms with Crippen LogP contribution in [-0.2, 0) is 28.8 Å². The zero-order valence-corrected chi connectivity index (χ0v) is 26.8. The highest BCUT2D eigenvalue weighted by atomic mass is 16.4. The molecule has 0 aromatic carbocycles. The maximum atomic E-state index is 10.4. The summed E-state index contributed by atoms with van der Waals surface area (Å²) in [4.78, 5) is 60.4. The average Bonchev–Trinajstić information content (AvgIpc) is 2.93. The molecular weight excluding hydrogens is 604 g/mol. The lowest BCUT2D eigenvalue weighted by atomic mass is 10.0. The zero-order valence-electron chi connectivity index (χ0n) is 26.8. The normalized spacial score (nSPS) is 14.6. The van der Waals surface area contributed by atoms with E-state index in [2.05, 4.69) is 11.1 Å². The number of nitrogens with two attached hydrogens (primary N) is 5. The number of aliphatic carboxylic acids is 5. The van der Waals surface area contributed by atoms with Gasteiger partial charge in [0, 0.05) is 6.61 Å². The number of carboxylic acid groups (broad SMARTS) is 5. The summed E-state index contributed by atoms with van der Waals surface area (Å²) in [6.07, 6.45) is 0.695. The van der Waals surface area contributed by atoms with E-state index in [-0.39, 0.29) is 31.3 Å². The highest BCUT2D eigenvalue weighted by Gasteiger charge is 2.18. The van der Waals surface area contributed by atoms with Gasteiger partial charge in [-0.05, 0) is 38.1 Å². The van der Waals surface area contributed by atoms with Gasteiger partial charge in [0.2, 0.25) is 5.91 Å². The number of nitrogens with one attached hydrogen (secondary N) is 1. The Morgan fingerprint density at radius 3 is 1.24 bits per heavy atom. The Kier molecular flexibility index (Phi) is 34.7. The number of rotatable bonds is 16. The summed E-state index contributed by atoms with van der Waals surface area (Å²) in [6, 6.07) is -4.33. The summed E-state index contributed by atoms with van der Waals surface area (Å²) in [5.74, 6) is -5.74. The number of carbonyl (C=O) groups is 6. The van der Waals surface area contributed by atoms with Gasteiger partial charge in [-0.15, -0.1) is 0 Å². The minimum absolute atomic E-state index is 0.0208. The summed E-state index contributed by atoms with van der Waals surface area (Å²) in [5, 5.41) is 61.1. The van der Waals surface area contributed by atoms with Crippen molar-refractivity contribution in [2.45, 2.75) is 104 Å². The summed E-state index contributed by atoms with van der Waals surface area (Å²) >= 11 is 0. The molecule has 0 radical (unpaired) electrons. The number of carbonyl (C=O) groups excluding carboxylic acids is 1. The molecule has 45 heavy (non-hydrogen) atoms. The van der Waals surface area contributed by atoms with Crippen LogP contribution in [0.5, 0.6) is 0 Å². The molecule has 0 spiro atoms.